The van der Waals surface area contributed by atoms with Crippen LogP contribution in [0.2, 0.25) is 5.02 Å². The normalized spacial score (nSPS) is 12.7. The largest absolute Gasteiger partial charge is 0.451 e. The van der Waals surface area contributed by atoms with Crippen molar-refractivity contribution in [1.82, 2.24) is 4.98 Å². The zero-order valence-corrected chi connectivity index (χ0v) is 15.8. The summed E-state index contributed by atoms with van der Waals surface area (Å²) >= 11 is 7.31. The smallest absolute Gasteiger partial charge is 0.358 e. The molecule has 2 heterocycles. The second kappa shape index (κ2) is 7.50. The number of halogens is 1. The summed E-state index contributed by atoms with van der Waals surface area (Å²) in [5.41, 5.74) is 3.03. The Hall–Kier alpha value is -2.70. The Morgan fingerprint density at radius 1 is 1.19 bits per heavy atom. The zero-order chi connectivity index (χ0) is 18.8. The fraction of sp³-hybridized carbons (Fsp3) is 0.150. The molecular weight excluding hydrogens is 384 g/mol. The zero-order valence-electron chi connectivity index (χ0n) is 14.2. The SMILES string of the molecule is O=C(OCC(=O)N1CCc2ccccc21)c1csc(-c2cccc(Cl)c2)n1. The van der Waals surface area contributed by atoms with Gasteiger partial charge in [-0.1, -0.05) is 41.9 Å². The van der Waals surface area contributed by atoms with E-state index in [1.807, 2.05) is 36.4 Å². The summed E-state index contributed by atoms with van der Waals surface area (Å²) < 4.78 is 5.18. The van der Waals surface area contributed by atoms with E-state index in [0.29, 0.717) is 16.6 Å². The second-order valence-electron chi connectivity index (χ2n) is 6.05. The van der Waals surface area contributed by atoms with Crippen LogP contribution in [-0.2, 0) is 16.0 Å². The van der Waals surface area contributed by atoms with E-state index < -0.39 is 5.97 Å². The van der Waals surface area contributed by atoms with Crippen LogP contribution < -0.4 is 4.90 Å². The van der Waals surface area contributed by atoms with Gasteiger partial charge in [0.2, 0.25) is 0 Å². The Morgan fingerprint density at radius 2 is 2.04 bits per heavy atom. The number of hydrogen-bond donors (Lipinski definition) is 0. The highest BCUT2D eigenvalue weighted by molar-refractivity contribution is 7.13. The van der Waals surface area contributed by atoms with Crippen LogP contribution in [0.1, 0.15) is 16.1 Å². The quantitative estimate of drug-likeness (QED) is 0.618. The minimum absolute atomic E-state index is 0.185. The number of amides is 1. The van der Waals surface area contributed by atoms with Crippen molar-refractivity contribution in [2.24, 2.45) is 0 Å². The van der Waals surface area contributed by atoms with Crippen molar-refractivity contribution in [3.05, 3.63) is 70.2 Å². The van der Waals surface area contributed by atoms with Crippen molar-refractivity contribution in [2.75, 3.05) is 18.1 Å². The minimum Gasteiger partial charge on any atom is -0.451 e. The molecule has 7 heteroatoms. The lowest BCUT2D eigenvalue weighted by molar-refractivity contribution is -0.121. The summed E-state index contributed by atoms with van der Waals surface area (Å²) in [7, 11) is 0. The van der Waals surface area contributed by atoms with Gasteiger partial charge in [0.25, 0.3) is 5.91 Å². The van der Waals surface area contributed by atoms with Crippen LogP contribution in [0.15, 0.2) is 53.9 Å². The molecule has 0 atom stereocenters. The summed E-state index contributed by atoms with van der Waals surface area (Å²) in [4.78, 5) is 30.6. The van der Waals surface area contributed by atoms with Gasteiger partial charge in [-0.25, -0.2) is 9.78 Å². The number of aromatic nitrogens is 1. The van der Waals surface area contributed by atoms with Gasteiger partial charge in [0.1, 0.15) is 5.01 Å². The van der Waals surface area contributed by atoms with Gasteiger partial charge < -0.3 is 9.64 Å². The van der Waals surface area contributed by atoms with E-state index in [-0.39, 0.29) is 18.2 Å². The van der Waals surface area contributed by atoms with Gasteiger partial charge in [0.05, 0.1) is 0 Å². The number of anilines is 1. The lowest BCUT2D eigenvalue weighted by Gasteiger charge is -2.16. The molecule has 0 saturated heterocycles. The first kappa shape index (κ1) is 17.7. The maximum absolute atomic E-state index is 12.4. The van der Waals surface area contributed by atoms with Gasteiger partial charge in [-0.2, -0.15) is 0 Å². The molecule has 0 fully saturated rings. The van der Waals surface area contributed by atoms with E-state index in [1.165, 1.54) is 11.3 Å². The molecule has 1 aliphatic rings. The Labute approximate surface area is 165 Å². The lowest BCUT2D eigenvalue weighted by Crippen LogP contribution is -2.33. The van der Waals surface area contributed by atoms with E-state index in [1.54, 1.807) is 22.4 Å². The summed E-state index contributed by atoms with van der Waals surface area (Å²) in [6.45, 7) is 0.294. The fourth-order valence-corrected chi connectivity index (χ4v) is 3.97. The molecular formula is C20H15ClN2O3S. The maximum Gasteiger partial charge on any atom is 0.358 e. The van der Waals surface area contributed by atoms with Crippen LogP contribution in [0, 0.1) is 0 Å². The first-order valence-corrected chi connectivity index (χ1v) is 9.64. The van der Waals surface area contributed by atoms with Crippen LogP contribution >= 0.6 is 22.9 Å². The number of thiazole rings is 1. The van der Waals surface area contributed by atoms with Gasteiger partial charge in [0, 0.05) is 28.2 Å². The third kappa shape index (κ3) is 3.72. The molecule has 1 aromatic heterocycles. The second-order valence-corrected chi connectivity index (χ2v) is 7.34. The number of carbonyl (C=O) groups excluding carboxylic acids is 2. The molecule has 27 heavy (non-hydrogen) atoms. The van der Waals surface area contributed by atoms with Gasteiger partial charge in [0.15, 0.2) is 12.3 Å². The third-order valence-electron chi connectivity index (χ3n) is 4.30. The number of benzene rings is 2. The van der Waals surface area contributed by atoms with Crippen LogP contribution in [0.3, 0.4) is 0 Å². The van der Waals surface area contributed by atoms with Gasteiger partial charge in [-0.3, -0.25) is 4.79 Å². The minimum atomic E-state index is -0.611. The van der Waals surface area contributed by atoms with Gasteiger partial charge in [-0.05, 0) is 30.2 Å². The van der Waals surface area contributed by atoms with E-state index in [2.05, 4.69) is 4.98 Å². The molecule has 0 aliphatic carbocycles. The lowest BCUT2D eigenvalue weighted by atomic mass is 10.2. The van der Waals surface area contributed by atoms with Crippen LogP contribution in [0.4, 0.5) is 5.69 Å². The Kier molecular flexibility index (Phi) is 4.92. The monoisotopic (exact) mass is 398 g/mol. The van der Waals surface area contributed by atoms with Crippen LogP contribution in [0.25, 0.3) is 10.6 Å². The van der Waals surface area contributed by atoms with Crippen molar-refractivity contribution in [2.45, 2.75) is 6.42 Å². The first-order chi connectivity index (χ1) is 13.1. The third-order valence-corrected chi connectivity index (χ3v) is 5.43. The number of esters is 1. The van der Waals surface area contributed by atoms with Crippen LogP contribution in [0.5, 0.6) is 0 Å². The maximum atomic E-state index is 12.4. The van der Waals surface area contributed by atoms with Crippen molar-refractivity contribution >= 4 is 40.5 Å². The molecule has 0 bridgehead atoms. The van der Waals surface area contributed by atoms with E-state index >= 15 is 0 Å². The summed E-state index contributed by atoms with van der Waals surface area (Å²) in [6.07, 6.45) is 0.810. The van der Waals surface area contributed by atoms with E-state index in [9.17, 15) is 9.59 Å². The number of nitrogens with zero attached hydrogens (tertiary/aromatic N) is 2. The Balaban J connectivity index is 1.40. The number of rotatable bonds is 4. The highest BCUT2D eigenvalue weighted by Gasteiger charge is 2.25. The average Bonchev–Trinajstić information content (AvgIpc) is 3.33. The molecule has 0 saturated carbocycles. The number of para-hydroxylation sites is 1. The van der Waals surface area contributed by atoms with Crippen molar-refractivity contribution < 1.29 is 14.3 Å². The molecule has 4 rings (SSSR count). The van der Waals surface area contributed by atoms with Crippen molar-refractivity contribution in [3.63, 3.8) is 0 Å². The Bertz CT molecular complexity index is 1020. The predicted octanol–water partition coefficient (Wildman–Crippen LogP) is 4.21. The Morgan fingerprint density at radius 3 is 2.89 bits per heavy atom. The standard InChI is InChI=1S/C20H15ClN2O3S/c21-15-6-3-5-14(10-15)19-22-16(12-27-19)20(25)26-11-18(24)23-9-8-13-4-1-2-7-17(13)23/h1-7,10,12H,8-9,11H2. The molecule has 5 nitrogen and oxygen atoms in total. The van der Waals surface area contributed by atoms with Crippen LogP contribution in [-0.4, -0.2) is 30.0 Å². The van der Waals surface area contributed by atoms with E-state index in [4.69, 9.17) is 16.3 Å². The number of carbonyl (C=O) groups is 2. The van der Waals surface area contributed by atoms with Crippen molar-refractivity contribution in [3.8, 4) is 10.6 Å². The molecule has 1 amide bonds. The predicted molar refractivity (Wildman–Crippen MR) is 105 cm³/mol. The van der Waals surface area contributed by atoms with Crippen molar-refractivity contribution in [1.29, 1.82) is 0 Å². The summed E-state index contributed by atoms with van der Waals surface area (Å²) in [6, 6.07) is 15.0. The molecule has 0 radical (unpaired) electrons. The van der Waals surface area contributed by atoms with Gasteiger partial charge in [-0.15, -0.1) is 11.3 Å². The number of hydrogen-bond acceptors (Lipinski definition) is 5. The average molecular weight is 399 g/mol. The topological polar surface area (TPSA) is 59.5 Å². The highest BCUT2D eigenvalue weighted by Crippen LogP contribution is 2.28. The van der Waals surface area contributed by atoms with Gasteiger partial charge >= 0.3 is 5.97 Å². The van der Waals surface area contributed by atoms with E-state index in [0.717, 1.165) is 23.2 Å². The first-order valence-electron chi connectivity index (χ1n) is 8.39. The molecule has 3 aromatic rings. The molecule has 0 N–H and O–H groups in total. The highest BCUT2D eigenvalue weighted by atomic mass is 35.5. The number of fused-ring (bicyclic) bond motifs is 1. The summed E-state index contributed by atoms with van der Waals surface area (Å²) in [5, 5.41) is 2.89. The molecule has 136 valence electrons. The molecule has 2 aromatic carbocycles. The number of ether oxygens (including phenoxy) is 1. The molecule has 0 unspecified atom stereocenters. The molecule has 0 spiro atoms. The summed E-state index contributed by atoms with van der Waals surface area (Å²) in [5.74, 6) is -0.848. The fourth-order valence-electron chi connectivity index (χ4n) is 3.00. The molecule has 1 aliphatic heterocycles.